The Labute approximate surface area is 121 Å². The van der Waals surface area contributed by atoms with Gasteiger partial charge in [-0.3, -0.25) is 4.68 Å². The molecule has 0 spiro atoms. The highest BCUT2D eigenvalue weighted by atomic mass is 19.4. The molecule has 0 unspecified atom stereocenters. The van der Waals surface area contributed by atoms with Crippen molar-refractivity contribution in [1.29, 1.82) is 0 Å². The van der Waals surface area contributed by atoms with Crippen LogP contribution in [0, 0.1) is 0 Å². The third-order valence-electron chi connectivity index (χ3n) is 3.40. The zero-order valence-corrected chi connectivity index (χ0v) is 12.0. The van der Waals surface area contributed by atoms with E-state index in [0.717, 1.165) is 30.3 Å². The van der Waals surface area contributed by atoms with Crippen LogP contribution in [0.1, 0.15) is 36.4 Å². The van der Waals surface area contributed by atoms with Gasteiger partial charge in [0.15, 0.2) is 0 Å². The van der Waals surface area contributed by atoms with E-state index in [4.69, 9.17) is 5.73 Å². The molecule has 1 aromatic carbocycles. The van der Waals surface area contributed by atoms with E-state index in [1.807, 2.05) is 19.9 Å². The summed E-state index contributed by atoms with van der Waals surface area (Å²) in [5, 5.41) is 4.36. The van der Waals surface area contributed by atoms with Crippen molar-refractivity contribution in [2.45, 2.75) is 39.4 Å². The van der Waals surface area contributed by atoms with Crippen LogP contribution in [0.25, 0.3) is 0 Å². The van der Waals surface area contributed by atoms with Gasteiger partial charge < -0.3 is 5.73 Å². The van der Waals surface area contributed by atoms with E-state index in [9.17, 15) is 13.2 Å². The Kier molecular flexibility index (Phi) is 4.25. The first-order chi connectivity index (χ1) is 9.85. The molecule has 2 aromatic rings. The second-order valence-electron chi connectivity index (χ2n) is 4.91. The van der Waals surface area contributed by atoms with Crippen molar-refractivity contribution in [3.05, 3.63) is 46.8 Å². The zero-order chi connectivity index (χ0) is 15.6. The number of nitrogens with two attached hydrogens (primary N) is 1. The summed E-state index contributed by atoms with van der Waals surface area (Å²) in [6.45, 7) is 4.02. The molecule has 0 bridgehead atoms. The molecular weight excluding hydrogens is 279 g/mol. The largest absolute Gasteiger partial charge is 0.416 e. The van der Waals surface area contributed by atoms with Gasteiger partial charge in [0, 0.05) is 11.4 Å². The Morgan fingerprint density at radius 3 is 2.43 bits per heavy atom. The lowest BCUT2D eigenvalue weighted by Gasteiger charge is -2.14. The first kappa shape index (κ1) is 15.4. The SMILES string of the molecule is CCc1cc(CC)n(Cc2ccc(N)cc2C(F)(F)F)n1. The van der Waals surface area contributed by atoms with Crippen LogP contribution in [0.5, 0.6) is 0 Å². The quantitative estimate of drug-likeness (QED) is 0.875. The van der Waals surface area contributed by atoms with Gasteiger partial charge in [-0.1, -0.05) is 19.9 Å². The molecular formula is C15H18F3N3. The van der Waals surface area contributed by atoms with Gasteiger partial charge in [0.25, 0.3) is 0 Å². The molecule has 0 amide bonds. The second kappa shape index (κ2) is 5.79. The van der Waals surface area contributed by atoms with Crippen LogP contribution in [0.3, 0.4) is 0 Å². The number of hydrogen-bond acceptors (Lipinski definition) is 2. The van der Waals surface area contributed by atoms with E-state index in [-0.39, 0.29) is 17.8 Å². The molecule has 1 heterocycles. The van der Waals surface area contributed by atoms with Crippen molar-refractivity contribution in [1.82, 2.24) is 9.78 Å². The minimum absolute atomic E-state index is 0.0955. The average molecular weight is 297 g/mol. The first-order valence-corrected chi connectivity index (χ1v) is 6.86. The highest BCUT2D eigenvalue weighted by Crippen LogP contribution is 2.33. The van der Waals surface area contributed by atoms with E-state index < -0.39 is 11.7 Å². The fourth-order valence-electron chi connectivity index (χ4n) is 2.27. The number of nitrogens with zero attached hydrogens (tertiary/aromatic N) is 2. The van der Waals surface area contributed by atoms with Crippen LogP contribution >= 0.6 is 0 Å². The zero-order valence-electron chi connectivity index (χ0n) is 12.0. The van der Waals surface area contributed by atoms with Crippen LogP contribution in [-0.2, 0) is 25.6 Å². The van der Waals surface area contributed by atoms with Crippen LogP contribution in [0.15, 0.2) is 24.3 Å². The van der Waals surface area contributed by atoms with Gasteiger partial charge in [0.05, 0.1) is 17.8 Å². The van der Waals surface area contributed by atoms with E-state index in [0.29, 0.717) is 0 Å². The lowest BCUT2D eigenvalue weighted by Crippen LogP contribution is -2.14. The maximum Gasteiger partial charge on any atom is 0.416 e. The Balaban J connectivity index is 2.42. The fraction of sp³-hybridized carbons (Fsp3) is 0.400. The molecule has 0 saturated heterocycles. The summed E-state index contributed by atoms with van der Waals surface area (Å²) in [5.74, 6) is 0. The number of aryl methyl sites for hydroxylation is 2. The molecule has 114 valence electrons. The molecule has 0 saturated carbocycles. The average Bonchev–Trinajstić information content (AvgIpc) is 2.82. The first-order valence-electron chi connectivity index (χ1n) is 6.86. The van der Waals surface area contributed by atoms with E-state index in [1.165, 1.54) is 12.1 Å². The normalized spacial score (nSPS) is 11.9. The van der Waals surface area contributed by atoms with Crippen molar-refractivity contribution in [3.63, 3.8) is 0 Å². The maximum atomic E-state index is 13.1. The fourth-order valence-corrected chi connectivity index (χ4v) is 2.27. The third-order valence-corrected chi connectivity index (χ3v) is 3.40. The van der Waals surface area contributed by atoms with Crippen molar-refractivity contribution >= 4 is 5.69 Å². The number of hydrogen-bond donors (Lipinski definition) is 1. The van der Waals surface area contributed by atoms with Gasteiger partial charge in [0.2, 0.25) is 0 Å². The molecule has 0 aliphatic carbocycles. The monoisotopic (exact) mass is 297 g/mol. The van der Waals surface area contributed by atoms with Crippen LogP contribution in [0.4, 0.5) is 18.9 Å². The number of rotatable bonds is 4. The lowest BCUT2D eigenvalue weighted by molar-refractivity contribution is -0.138. The molecule has 2 N–H and O–H groups in total. The summed E-state index contributed by atoms with van der Waals surface area (Å²) >= 11 is 0. The maximum absolute atomic E-state index is 13.1. The van der Waals surface area contributed by atoms with E-state index in [1.54, 1.807) is 4.68 Å². The Hall–Kier alpha value is -1.98. The van der Waals surface area contributed by atoms with Gasteiger partial charge >= 0.3 is 6.18 Å². The summed E-state index contributed by atoms with van der Waals surface area (Å²) in [4.78, 5) is 0. The molecule has 6 heteroatoms. The molecule has 0 radical (unpaired) electrons. The smallest absolute Gasteiger partial charge is 0.399 e. The summed E-state index contributed by atoms with van der Waals surface area (Å²) in [7, 11) is 0. The van der Waals surface area contributed by atoms with Crippen molar-refractivity contribution in [3.8, 4) is 0 Å². The van der Waals surface area contributed by atoms with Crippen LogP contribution in [-0.4, -0.2) is 9.78 Å². The Bertz CT molecular complexity index is 630. The highest BCUT2D eigenvalue weighted by Gasteiger charge is 2.33. The van der Waals surface area contributed by atoms with Gasteiger partial charge in [-0.2, -0.15) is 18.3 Å². The molecule has 1 aromatic heterocycles. The molecule has 0 fully saturated rings. The topological polar surface area (TPSA) is 43.8 Å². The number of alkyl halides is 3. The van der Waals surface area contributed by atoms with Gasteiger partial charge in [0.1, 0.15) is 0 Å². The molecule has 21 heavy (non-hydrogen) atoms. The third kappa shape index (κ3) is 3.37. The minimum Gasteiger partial charge on any atom is -0.399 e. The predicted octanol–water partition coefficient (Wildman–Crippen LogP) is 3.66. The van der Waals surface area contributed by atoms with Gasteiger partial charge in [-0.05, 0) is 36.6 Å². The number of halogens is 3. The van der Waals surface area contributed by atoms with Crippen molar-refractivity contribution in [2.75, 3.05) is 5.73 Å². The minimum atomic E-state index is -4.42. The Morgan fingerprint density at radius 2 is 1.86 bits per heavy atom. The molecule has 0 aliphatic heterocycles. The number of benzene rings is 1. The Morgan fingerprint density at radius 1 is 1.14 bits per heavy atom. The van der Waals surface area contributed by atoms with Crippen molar-refractivity contribution in [2.24, 2.45) is 0 Å². The van der Waals surface area contributed by atoms with Crippen LogP contribution in [0.2, 0.25) is 0 Å². The molecule has 0 atom stereocenters. The van der Waals surface area contributed by atoms with Crippen LogP contribution < -0.4 is 5.73 Å². The summed E-state index contributed by atoms with van der Waals surface area (Å²) in [5.41, 5.74) is 6.88. The molecule has 3 nitrogen and oxygen atoms in total. The van der Waals surface area contributed by atoms with Gasteiger partial charge in [-0.25, -0.2) is 0 Å². The predicted molar refractivity (Wildman–Crippen MR) is 75.9 cm³/mol. The highest BCUT2D eigenvalue weighted by molar-refractivity contribution is 5.46. The number of aromatic nitrogens is 2. The summed E-state index contributed by atoms with van der Waals surface area (Å²) in [6, 6.07) is 5.82. The van der Waals surface area contributed by atoms with E-state index >= 15 is 0 Å². The van der Waals surface area contributed by atoms with E-state index in [2.05, 4.69) is 5.10 Å². The summed E-state index contributed by atoms with van der Waals surface area (Å²) in [6.07, 6.45) is -2.94. The number of anilines is 1. The summed E-state index contributed by atoms with van der Waals surface area (Å²) < 4.78 is 40.9. The van der Waals surface area contributed by atoms with Gasteiger partial charge in [-0.15, -0.1) is 0 Å². The van der Waals surface area contributed by atoms with Crippen molar-refractivity contribution < 1.29 is 13.2 Å². The number of nitrogen functional groups attached to an aromatic ring is 1. The standard InChI is InChI=1S/C15H18F3N3/c1-3-12-8-13(4-2)21(20-12)9-10-5-6-11(19)7-14(10)15(16,17)18/h5-8H,3-4,9,19H2,1-2H3. The lowest BCUT2D eigenvalue weighted by atomic mass is 10.1. The molecule has 0 aliphatic rings. The second-order valence-corrected chi connectivity index (χ2v) is 4.91. The molecule has 2 rings (SSSR count).